The van der Waals surface area contributed by atoms with Crippen molar-refractivity contribution in [2.75, 3.05) is 12.3 Å². The third kappa shape index (κ3) is 4.77. The third-order valence-corrected chi connectivity index (χ3v) is 4.85. The molecule has 0 unspecified atom stereocenters. The molecule has 0 saturated heterocycles. The molecule has 0 radical (unpaired) electrons. The van der Waals surface area contributed by atoms with Gasteiger partial charge in [0.1, 0.15) is 5.75 Å². The van der Waals surface area contributed by atoms with Gasteiger partial charge in [0, 0.05) is 22.6 Å². The molecule has 0 fully saturated rings. The molecule has 128 valence electrons. The molecular weight excluding hydrogens is 330 g/mol. The van der Waals surface area contributed by atoms with Gasteiger partial charge in [0.05, 0.1) is 0 Å². The van der Waals surface area contributed by atoms with Gasteiger partial charge >= 0.3 is 0 Å². The van der Waals surface area contributed by atoms with E-state index in [4.69, 9.17) is 4.74 Å². The van der Waals surface area contributed by atoms with Gasteiger partial charge < -0.3 is 10.1 Å². The predicted molar refractivity (Wildman–Crippen MR) is 104 cm³/mol. The number of hydrogen-bond acceptors (Lipinski definition) is 3. The highest BCUT2D eigenvalue weighted by Crippen LogP contribution is 2.26. The summed E-state index contributed by atoms with van der Waals surface area (Å²) in [7, 11) is 0. The van der Waals surface area contributed by atoms with E-state index in [1.54, 1.807) is 18.7 Å². The Hall–Kier alpha value is -2.46. The Kier molecular flexibility index (Phi) is 5.96. The van der Waals surface area contributed by atoms with E-state index in [-0.39, 0.29) is 5.91 Å². The van der Waals surface area contributed by atoms with Gasteiger partial charge in [0.15, 0.2) is 6.10 Å². The number of ether oxygens (including phenoxy) is 1. The average molecular weight is 351 g/mol. The maximum atomic E-state index is 12.2. The van der Waals surface area contributed by atoms with Crippen LogP contribution in [0.15, 0.2) is 77.7 Å². The number of nitrogens with one attached hydrogen (secondary N) is 1. The van der Waals surface area contributed by atoms with Crippen LogP contribution in [0.5, 0.6) is 5.75 Å². The molecule has 0 aliphatic heterocycles. The summed E-state index contributed by atoms with van der Waals surface area (Å²) in [5.74, 6) is 1.47. The molecule has 0 bridgehead atoms. The van der Waals surface area contributed by atoms with Crippen LogP contribution in [0, 0.1) is 0 Å². The number of carbonyl (C=O) groups excluding carboxylic acids is 1. The van der Waals surface area contributed by atoms with Gasteiger partial charge in [0.2, 0.25) is 0 Å². The molecule has 3 aromatic carbocycles. The molecule has 0 spiro atoms. The molecule has 3 aromatic rings. The lowest BCUT2D eigenvalue weighted by Crippen LogP contribution is -2.37. The fourth-order valence-corrected chi connectivity index (χ4v) is 3.34. The summed E-state index contributed by atoms with van der Waals surface area (Å²) in [6.07, 6.45) is -0.535. The standard InChI is InChI=1S/C21H21NO2S/c1-16(21(23)22-14-15-25-18-10-3-2-4-11-18)24-20-13-7-9-17-8-5-6-12-19(17)20/h2-13,16H,14-15H2,1H3,(H,22,23)/t16-/m0/s1. The first-order valence-electron chi connectivity index (χ1n) is 8.34. The van der Waals surface area contributed by atoms with Crippen LogP contribution in [-0.4, -0.2) is 24.3 Å². The van der Waals surface area contributed by atoms with Crippen LogP contribution in [0.25, 0.3) is 10.8 Å². The topological polar surface area (TPSA) is 38.3 Å². The number of benzene rings is 3. The number of hydrogen-bond donors (Lipinski definition) is 1. The van der Waals surface area contributed by atoms with Crippen molar-refractivity contribution < 1.29 is 9.53 Å². The Bertz CT molecular complexity index is 830. The highest BCUT2D eigenvalue weighted by molar-refractivity contribution is 7.99. The molecule has 0 aliphatic carbocycles. The number of rotatable bonds is 7. The second-order valence-electron chi connectivity index (χ2n) is 5.69. The van der Waals surface area contributed by atoms with E-state index >= 15 is 0 Å². The number of thioether (sulfide) groups is 1. The molecule has 25 heavy (non-hydrogen) atoms. The smallest absolute Gasteiger partial charge is 0.260 e. The van der Waals surface area contributed by atoms with Crippen molar-refractivity contribution in [3.8, 4) is 5.75 Å². The van der Waals surface area contributed by atoms with Crippen LogP contribution < -0.4 is 10.1 Å². The summed E-state index contributed by atoms with van der Waals surface area (Å²) < 4.78 is 5.89. The molecule has 3 rings (SSSR count). The molecule has 4 heteroatoms. The van der Waals surface area contributed by atoms with E-state index in [1.807, 2.05) is 60.7 Å². The molecule has 0 saturated carbocycles. The zero-order valence-electron chi connectivity index (χ0n) is 14.1. The minimum absolute atomic E-state index is 0.0957. The highest BCUT2D eigenvalue weighted by Gasteiger charge is 2.15. The van der Waals surface area contributed by atoms with E-state index < -0.39 is 6.10 Å². The maximum Gasteiger partial charge on any atom is 0.260 e. The lowest BCUT2D eigenvalue weighted by molar-refractivity contribution is -0.127. The van der Waals surface area contributed by atoms with Crippen molar-refractivity contribution >= 4 is 28.4 Å². The molecule has 0 aliphatic rings. The minimum atomic E-state index is -0.535. The molecule has 1 amide bonds. The van der Waals surface area contributed by atoms with Gasteiger partial charge in [-0.05, 0) is 30.5 Å². The van der Waals surface area contributed by atoms with Crippen LogP contribution in [0.4, 0.5) is 0 Å². The van der Waals surface area contributed by atoms with Crippen molar-refractivity contribution in [3.63, 3.8) is 0 Å². The summed E-state index contributed by atoms with van der Waals surface area (Å²) in [4.78, 5) is 13.5. The average Bonchev–Trinajstić information content (AvgIpc) is 2.66. The van der Waals surface area contributed by atoms with Crippen LogP contribution in [0.1, 0.15) is 6.92 Å². The SMILES string of the molecule is C[C@H](Oc1cccc2ccccc12)C(=O)NCCSc1ccccc1. The van der Waals surface area contributed by atoms with Gasteiger partial charge in [-0.15, -0.1) is 11.8 Å². The summed E-state index contributed by atoms with van der Waals surface area (Å²) in [6, 6.07) is 24.1. The van der Waals surface area contributed by atoms with Crippen LogP contribution in [0.3, 0.4) is 0 Å². The van der Waals surface area contributed by atoms with Crippen LogP contribution in [-0.2, 0) is 4.79 Å². The zero-order chi connectivity index (χ0) is 17.5. The van der Waals surface area contributed by atoms with E-state index in [2.05, 4.69) is 17.4 Å². The third-order valence-electron chi connectivity index (χ3n) is 3.84. The maximum absolute atomic E-state index is 12.2. The van der Waals surface area contributed by atoms with Crippen molar-refractivity contribution in [1.29, 1.82) is 0 Å². The van der Waals surface area contributed by atoms with E-state index in [0.29, 0.717) is 6.54 Å². The van der Waals surface area contributed by atoms with Gasteiger partial charge in [0.25, 0.3) is 5.91 Å². The Morgan fingerprint density at radius 2 is 1.72 bits per heavy atom. The van der Waals surface area contributed by atoms with Gasteiger partial charge in [-0.3, -0.25) is 4.79 Å². The van der Waals surface area contributed by atoms with Crippen molar-refractivity contribution in [2.45, 2.75) is 17.9 Å². The monoisotopic (exact) mass is 351 g/mol. The van der Waals surface area contributed by atoms with Crippen molar-refractivity contribution in [3.05, 3.63) is 72.8 Å². The first kappa shape index (κ1) is 17.4. The van der Waals surface area contributed by atoms with Crippen LogP contribution >= 0.6 is 11.8 Å². The summed E-state index contributed by atoms with van der Waals surface area (Å²) >= 11 is 1.72. The van der Waals surface area contributed by atoms with E-state index in [9.17, 15) is 4.79 Å². The molecule has 1 N–H and O–H groups in total. The Morgan fingerprint density at radius 1 is 1.00 bits per heavy atom. The fraction of sp³-hybridized carbons (Fsp3) is 0.190. The fourth-order valence-electron chi connectivity index (χ4n) is 2.55. The van der Waals surface area contributed by atoms with Crippen LogP contribution in [0.2, 0.25) is 0 Å². The summed E-state index contributed by atoms with van der Waals surface area (Å²) in [5, 5.41) is 5.06. The summed E-state index contributed by atoms with van der Waals surface area (Å²) in [6.45, 7) is 2.39. The second kappa shape index (κ2) is 8.58. The van der Waals surface area contributed by atoms with E-state index in [1.165, 1.54) is 4.90 Å². The lowest BCUT2D eigenvalue weighted by atomic mass is 10.1. The van der Waals surface area contributed by atoms with E-state index in [0.717, 1.165) is 22.3 Å². The number of amides is 1. The Labute approximate surface area is 152 Å². The highest BCUT2D eigenvalue weighted by atomic mass is 32.2. The quantitative estimate of drug-likeness (QED) is 0.502. The molecular formula is C21H21NO2S. The lowest BCUT2D eigenvalue weighted by Gasteiger charge is -2.16. The Balaban J connectivity index is 1.50. The predicted octanol–water partition coefficient (Wildman–Crippen LogP) is 4.52. The molecule has 0 aromatic heterocycles. The second-order valence-corrected chi connectivity index (χ2v) is 6.86. The van der Waals surface area contributed by atoms with Crippen molar-refractivity contribution in [2.24, 2.45) is 0 Å². The zero-order valence-corrected chi connectivity index (χ0v) is 15.0. The largest absolute Gasteiger partial charge is 0.480 e. The first-order chi connectivity index (χ1) is 12.2. The minimum Gasteiger partial charge on any atom is -0.480 e. The summed E-state index contributed by atoms with van der Waals surface area (Å²) in [5.41, 5.74) is 0. The number of carbonyl (C=O) groups is 1. The van der Waals surface area contributed by atoms with Gasteiger partial charge in [-0.2, -0.15) is 0 Å². The molecule has 1 atom stereocenters. The van der Waals surface area contributed by atoms with Gasteiger partial charge in [-0.25, -0.2) is 0 Å². The first-order valence-corrected chi connectivity index (χ1v) is 9.32. The van der Waals surface area contributed by atoms with Crippen molar-refractivity contribution in [1.82, 2.24) is 5.32 Å². The van der Waals surface area contributed by atoms with Gasteiger partial charge in [-0.1, -0.05) is 54.6 Å². The number of fused-ring (bicyclic) bond motifs is 1. The molecule has 0 heterocycles. The Morgan fingerprint density at radius 3 is 2.56 bits per heavy atom. The normalized spacial score (nSPS) is 11.9. The molecule has 3 nitrogen and oxygen atoms in total.